The van der Waals surface area contributed by atoms with Gasteiger partial charge in [-0.1, -0.05) is 18.0 Å². The van der Waals surface area contributed by atoms with Gasteiger partial charge in [-0.15, -0.1) is 0 Å². The molecule has 1 aliphatic rings. The number of hydrogen-bond acceptors (Lipinski definition) is 6. The Kier molecular flexibility index (Phi) is 5.96. The summed E-state index contributed by atoms with van der Waals surface area (Å²) in [7, 11) is 1.69. The lowest BCUT2D eigenvalue weighted by Crippen LogP contribution is -2.18. The van der Waals surface area contributed by atoms with Crippen molar-refractivity contribution in [2.45, 2.75) is 43.2 Å². The molecule has 0 radical (unpaired) electrons. The van der Waals surface area contributed by atoms with E-state index in [1.54, 1.807) is 7.11 Å². The number of methoxy groups -OCH3 is 1. The summed E-state index contributed by atoms with van der Waals surface area (Å²) in [5.41, 5.74) is 0. The first-order valence-corrected chi connectivity index (χ1v) is 7.56. The number of rotatable bonds is 8. The van der Waals surface area contributed by atoms with Gasteiger partial charge in [0.05, 0.1) is 18.9 Å². The van der Waals surface area contributed by atoms with Gasteiger partial charge >= 0.3 is 0 Å². The van der Waals surface area contributed by atoms with Crippen molar-refractivity contribution in [3.63, 3.8) is 0 Å². The summed E-state index contributed by atoms with van der Waals surface area (Å²) in [6, 6.07) is 0. The third kappa shape index (κ3) is 4.59. The van der Waals surface area contributed by atoms with Gasteiger partial charge in [0.1, 0.15) is 0 Å². The van der Waals surface area contributed by atoms with Crippen LogP contribution in [-0.2, 0) is 17.0 Å². The lowest BCUT2D eigenvalue weighted by molar-refractivity contribution is 0.197. The van der Waals surface area contributed by atoms with Gasteiger partial charge < -0.3 is 14.6 Å². The first kappa shape index (κ1) is 13.8. The van der Waals surface area contributed by atoms with E-state index in [2.05, 4.69) is 15.5 Å². The lowest BCUT2D eigenvalue weighted by Gasteiger charge is -2.04. The van der Waals surface area contributed by atoms with Crippen molar-refractivity contribution in [2.24, 2.45) is 0 Å². The molecule has 0 unspecified atom stereocenters. The quantitative estimate of drug-likeness (QED) is 0.730. The maximum atomic E-state index is 5.18. The van der Waals surface area contributed by atoms with Gasteiger partial charge in [-0.3, -0.25) is 0 Å². The van der Waals surface area contributed by atoms with Gasteiger partial charge in [0.15, 0.2) is 5.82 Å². The topological polar surface area (TPSA) is 60.2 Å². The van der Waals surface area contributed by atoms with E-state index >= 15 is 0 Å². The Hall–Kier alpha value is -0.590. The minimum Gasteiger partial charge on any atom is -0.383 e. The molecule has 0 aromatic carbocycles. The number of nitrogens with one attached hydrogen (secondary N) is 1. The van der Waals surface area contributed by atoms with Crippen LogP contribution in [0, 0.1) is 0 Å². The van der Waals surface area contributed by atoms with Crippen molar-refractivity contribution in [2.75, 3.05) is 20.3 Å². The first-order valence-electron chi connectivity index (χ1n) is 6.51. The zero-order valence-corrected chi connectivity index (χ0v) is 11.7. The zero-order chi connectivity index (χ0) is 12.6. The van der Waals surface area contributed by atoms with E-state index in [0.29, 0.717) is 19.0 Å². The van der Waals surface area contributed by atoms with E-state index in [-0.39, 0.29) is 0 Å². The van der Waals surface area contributed by atoms with Crippen molar-refractivity contribution < 1.29 is 9.26 Å². The lowest BCUT2D eigenvalue weighted by atomic mass is 10.4. The average molecular weight is 271 g/mol. The van der Waals surface area contributed by atoms with Gasteiger partial charge in [0, 0.05) is 18.9 Å². The second kappa shape index (κ2) is 7.76. The van der Waals surface area contributed by atoms with Crippen LogP contribution < -0.4 is 5.32 Å². The molecule has 1 heterocycles. The molecule has 0 atom stereocenters. The Balaban J connectivity index is 1.65. The first-order chi connectivity index (χ1) is 8.88. The van der Waals surface area contributed by atoms with Crippen molar-refractivity contribution in [3.8, 4) is 0 Å². The number of nitrogens with zero attached hydrogens (tertiary/aromatic N) is 2. The summed E-state index contributed by atoms with van der Waals surface area (Å²) in [6.07, 6.45) is 5.43. The van der Waals surface area contributed by atoms with Crippen molar-refractivity contribution in [1.29, 1.82) is 0 Å². The van der Waals surface area contributed by atoms with Gasteiger partial charge in [-0.25, -0.2) is 0 Å². The fraction of sp³-hybridized carbons (Fsp3) is 0.833. The maximum absolute atomic E-state index is 5.18. The van der Waals surface area contributed by atoms with Crippen molar-refractivity contribution in [3.05, 3.63) is 11.7 Å². The third-order valence-corrected chi connectivity index (χ3v) is 4.39. The van der Waals surface area contributed by atoms with Crippen molar-refractivity contribution >= 4 is 11.8 Å². The minimum atomic E-state index is 0.616. The molecule has 18 heavy (non-hydrogen) atoms. The minimum absolute atomic E-state index is 0.616. The molecule has 0 bridgehead atoms. The largest absolute Gasteiger partial charge is 0.383 e. The highest BCUT2D eigenvalue weighted by atomic mass is 32.2. The second-order valence-corrected chi connectivity index (χ2v) is 5.78. The van der Waals surface area contributed by atoms with Gasteiger partial charge in [-0.05, 0) is 12.8 Å². The standard InChI is InChI=1S/C12H21N3O2S/c1-16-7-6-13-8-12-14-11(15-17-12)9-18-10-4-2-3-5-10/h10,13H,2-9H2,1H3. The van der Waals surface area contributed by atoms with E-state index in [1.165, 1.54) is 25.7 Å². The van der Waals surface area contributed by atoms with Crippen molar-refractivity contribution in [1.82, 2.24) is 15.5 Å². The van der Waals surface area contributed by atoms with Crippen LogP contribution in [0.25, 0.3) is 0 Å². The van der Waals surface area contributed by atoms with Crippen LogP contribution in [0.2, 0.25) is 0 Å². The Morgan fingerprint density at radius 2 is 2.28 bits per heavy atom. The molecule has 6 heteroatoms. The highest BCUT2D eigenvalue weighted by Crippen LogP contribution is 2.30. The molecule has 1 aliphatic carbocycles. The van der Waals surface area contributed by atoms with Crippen LogP contribution in [0.5, 0.6) is 0 Å². The Morgan fingerprint density at radius 3 is 3.06 bits per heavy atom. The van der Waals surface area contributed by atoms with Crippen LogP contribution in [0.15, 0.2) is 4.52 Å². The molecule has 0 aliphatic heterocycles. The van der Waals surface area contributed by atoms with Crippen LogP contribution in [-0.4, -0.2) is 35.7 Å². The second-order valence-electron chi connectivity index (χ2n) is 4.49. The Bertz CT molecular complexity index is 340. The number of ether oxygens (including phenoxy) is 1. The Morgan fingerprint density at radius 1 is 1.44 bits per heavy atom. The highest BCUT2D eigenvalue weighted by molar-refractivity contribution is 7.99. The summed E-state index contributed by atoms with van der Waals surface area (Å²) in [6.45, 7) is 2.11. The van der Waals surface area contributed by atoms with E-state index in [1.807, 2.05) is 11.8 Å². The highest BCUT2D eigenvalue weighted by Gasteiger charge is 2.16. The van der Waals surface area contributed by atoms with Gasteiger partial charge in [0.25, 0.3) is 0 Å². The van der Waals surface area contributed by atoms with Gasteiger partial charge in [0.2, 0.25) is 5.89 Å². The number of hydrogen-bond donors (Lipinski definition) is 1. The molecular formula is C12H21N3O2S. The molecule has 0 saturated heterocycles. The van der Waals surface area contributed by atoms with Crippen LogP contribution >= 0.6 is 11.8 Å². The summed E-state index contributed by atoms with van der Waals surface area (Å²) < 4.78 is 10.1. The molecular weight excluding hydrogens is 250 g/mol. The predicted octanol–water partition coefficient (Wildman–Crippen LogP) is 1.98. The number of aromatic nitrogens is 2. The van der Waals surface area contributed by atoms with E-state index in [9.17, 15) is 0 Å². The van der Waals surface area contributed by atoms with Crippen LogP contribution in [0.1, 0.15) is 37.4 Å². The normalized spacial score (nSPS) is 16.5. The maximum Gasteiger partial charge on any atom is 0.240 e. The van der Waals surface area contributed by atoms with Crippen LogP contribution in [0.4, 0.5) is 0 Å². The molecule has 1 saturated carbocycles. The predicted molar refractivity (Wildman–Crippen MR) is 71.4 cm³/mol. The van der Waals surface area contributed by atoms with Gasteiger partial charge in [-0.2, -0.15) is 16.7 Å². The van der Waals surface area contributed by atoms with Crippen LogP contribution in [0.3, 0.4) is 0 Å². The fourth-order valence-electron chi connectivity index (χ4n) is 2.04. The SMILES string of the molecule is COCCNCc1nc(CSC2CCCC2)no1. The van der Waals surface area contributed by atoms with E-state index < -0.39 is 0 Å². The summed E-state index contributed by atoms with van der Waals surface area (Å²) >= 11 is 1.96. The Labute approximate surface area is 112 Å². The summed E-state index contributed by atoms with van der Waals surface area (Å²) in [5, 5.41) is 7.98. The third-order valence-electron chi connectivity index (χ3n) is 3.02. The summed E-state index contributed by atoms with van der Waals surface area (Å²) in [5.74, 6) is 2.34. The molecule has 1 aromatic heterocycles. The molecule has 2 rings (SSSR count). The summed E-state index contributed by atoms with van der Waals surface area (Å²) in [4.78, 5) is 4.37. The monoisotopic (exact) mass is 271 g/mol. The smallest absolute Gasteiger partial charge is 0.240 e. The molecule has 5 nitrogen and oxygen atoms in total. The molecule has 1 fully saturated rings. The molecule has 102 valence electrons. The van der Waals surface area contributed by atoms with E-state index in [0.717, 1.165) is 23.4 Å². The molecule has 1 N–H and O–H groups in total. The van der Waals surface area contributed by atoms with E-state index in [4.69, 9.17) is 9.26 Å². The number of thioether (sulfide) groups is 1. The fourth-order valence-corrected chi connectivity index (χ4v) is 3.21. The average Bonchev–Trinajstić information content (AvgIpc) is 3.03. The molecule has 0 amide bonds. The zero-order valence-electron chi connectivity index (χ0n) is 10.9. The molecule has 0 spiro atoms. The molecule has 1 aromatic rings.